The molecule has 1 aromatic heterocycles. The molecule has 25 heavy (non-hydrogen) atoms. The second-order valence-corrected chi connectivity index (χ2v) is 9.10. The smallest absolute Gasteiger partial charge is 0.151 e. The Balaban J connectivity index is 1.45. The predicted octanol–water partition coefficient (Wildman–Crippen LogP) is 1.77. The van der Waals surface area contributed by atoms with Crippen LogP contribution < -0.4 is 0 Å². The highest BCUT2D eigenvalue weighted by molar-refractivity contribution is 7.91. The van der Waals surface area contributed by atoms with Gasteiger partial charge in [-0.25, -0.2) is 22.5 Å². The molecule has 0 unspecified atom stereocenters. The minimum atomic E-state index is -2.85. The van der Waals surface area contributed by atoms with Crippen LogP contribution in [0.5, 0.6) is 0 Å². The lowest BCUT2D eigenvalue weighted by molar-refractivity contribution is 0.162. The molecule has 2 aliphatic heterocycles. The number of sulfone groups is 1. The van der Waals surface area contributed by atoms with E-state index in [9.17, 15) is 12.8 Å². The van der Waals surface area contributed by atoms with Gasteiger partial charge in [-0.2, -0.15) is 5.10 Å². The highest BCUT2D eigenvalue weighted by atomic mass is 32.2. The molecule has 0 N–H and O–H groups in total. The maximum absolute atomic E-state index is 13.1. The number of aromatic nitrogens is 3. The molecule has 4 rings (SSSR count). The Morgan fingerprint density at radius 1 is 1.08 bits per heavy atom. The average Bonchev–Trinajstić information content (AvgIpc) is 3.22. The number of piperidine rings is 1. The van der Waals surface area contributed by atoms with Gasteiger partial charge in [0.25, 0.3) is 0 Å². The minimum Gasteiger partial charge on any atom is -0.299 e. The summed E-state index contributed by atoms with van der Waals surface area (Å²) in [5.74, 6) is 1.51. The monoisotopic (exact) mass is 364 g/mol. The van der Waals surface area contributed by atoms with Crippen LogP contribution in [-0.4, -0.2) is 58.7 Å². The molecule has 2 aromatic rings. The van der Waals surface area contributed by atoms with E-state index in [1.165, 1.54) is 18.5 Å². The first kappa shape index (κ1) is 16.7. The van der Waals surface area contributed by atoms with Crippen molar-refractivity contribution in [2.45, 2.75) is 31.2 Å². The summed E-state index contributed by atoms with van der Waals surface area (Å²) in [6.45, 7) is 1.75. The minimum absolute atomic E-state index is 0.168. The molecule has 1 aromatic carbocycles. The van der Waals surface area contributed by atoms with E-state index in [1.807, 2.05) is 0 Å². The van der Waals surface area contributed by atoms with Gasteiger partial charge in [0.1, 0.15) is 18.0 Å². The molecule has 2 fully saturated rings. The Morgan fingerprint density at radius 3 is 2.44 bits per heavy atom. The fraction of sp³-hybridized carbons (Fsp3) is 0.529. The van der Waals surface area contributed by atoms with Crippen molar-refractivity contribution in [1.29, 1.82) is 0 Å². The Labute approximate surface area is 146 Å². The van der Waals surface area contributed by atoms with Gasteiger partial charge in [-0.3, -0.25) is 4.90 Å². The van der Waals surface area contributed by atoms with Gasteiger partial charge in [0.2, 0.25) is 0 Å². The van der Waals surface area contributed by atoms with Gasteiger partial charge < -0.3 is 0 Å². The average molecular weight is 364 g/mol. The summed E-state index contributed by atoms with van der Waals surface area (Å²) in [5, 5.41) is 4.30. The summed E-state index contributed by atoms with van der Waals surface area (Å²) < 4.78 is 38.3. The molecule has 134 valence electrons. The molecule has 2 aliphatic rings. The lowest BCUT2D eigenvalue weighted by Crippen LogP contribution is -2.41. The van der Waals surface area contributed by atoms with Crippen molar-refractivity contribution in [3.8, 4) is 5.69 Å². The molecule has 8 heteroatoms. The normalized spacial score (nSPS) is 24.6. The predicted molar refractivity (Wildman–Crippen MR) is 91.9 cm³/mol. The summed E-state index contributed by atoms with van der Waals surface area (Å²) in [6, 6.07) is 6.41. The zero-order chi connectivity index (χ0) is 17.4. The number of nitrogens with zero attached hydrogens (tertiary/aromatic N) is 4. The van der Waals surface area contributed by atoms with E-state index in [2.05, 4.69) is 15.0 Å². The summed E-state index contributed by atoms with van der Waals surface area (Å²) in [4.78, 5) is 6.73. The second-order valence-electron chi connectivity index (χ2n) is 6.87. The summed E-state index contributed by atoms with van der Waals surface area (Å²) in [5.41, 5.74) is 0.804. The zero-order valence-corrected chi connectivity index (χ0v) is 14.7. The van der Waals surface area contributed by atoms with Crippen molar-refractivity contribution < 1.29 is 12.8 Å². The van der Waals surface area contributed by atoms with Crippen LogP contribution in [0.3, 0.4) is 0 Å². The Bertz CT molecular complexity index is 842. The molecule has 0 amide bonds. The molecule has 0 saturated carbocycles. The Kier molecular flexibility index (Phi) is 4.33. The molecule has 1 atom stereocenters. The quantitative estimate of drug-likeness (QED) is 0.830. The molecule has 0 spiro atoms. The van der Waals surface area contributed by atoms with E-state index in [0.29, 0.717) is 11.5 Å². The Hall–Kier alpha value is -1.80. The largest absolute Gasteiger partial charge is 0.299 e. The molecule has 0 radical (unpaired) electrons. The van der Waals surface area contributed by atoms with Gasteiger partial charge in [0.15, 0.2) is 9.84 Å². The van der Waals surface area contributed by atoms with Crippen molar-refractivity contribution in [2.75, 3.05) is 24.6 Å². The Morgan fingerprint density at radius 2 is 1.80 bits per heavy atom. The number of halogens is 1. The molecular weight excluding hydrogens is 343 g/mol. The van der Waals surface area contributed by atoms with Gasteiger partial charge in [0, 0.05) is 12.0 Å². The van der Waals surface area contributed by atoms with Gasteiger partial charge in [-0.05, 0) is 56.6 Å². The van der Waals surface area contributed by atoms with Gasteiger partial charge in [0.05, 0.1) is 17.2 Å². The van der Waals surface area contributed by atoms with Crippen molar-refractivity contribution in [3.05, 3.63) is 42.2 Å². The van der Waals surface area contributed by atoms with Crippen molar-refractivity contribution in [1.82, 2.24) is 19.7 Å². The summed E-state index contributed by atoms with van der Waals surface area (Å²) >= 11 is 0. The standard InChI is InChI=1S/C17H21FN4O2S/c18-14-1-3-15(4-2-14)22-17(19-12-20-22)13-5-8-21(9-6-13)16-7-10-25(23,24)11-16/h1-4,12-13,16H,5-11H2/t16-/m1/s1. The third-order valence-electron chi connectivity index (χ3n) is 5.26. The lowest BCUT2D eigenvalue weighted by Gasteiger charge is -2.35. The van der Waals surface area contributed by atoms with E-state index < -0.39 is 9.84 Å². The van der Waals surface area contributed by atoms with Gasteiger partial charge in [-0.1, -0.05) is 0 Å². The van der Waals surface area contributed by atoms with E-state index >= 15 is 0 Å². The van der Waals surface area contributed by atoms with Crippen LogP contribution in [0.4, 0.5) is 4.39 Å². The number of hydrogen-bond donors (Lipinski definition) is 0. The van der Waals surface area contributed by atoms with Gasteiger partial charge >= 0.3 is 0 Å². The van der Waals surface area contributed by atoms with E-state index in [-0.39, 0.29) is 17.8 Å². The summed E-state index contributed by atoms with van der Waals surface area (Å²) in [6.07, 6.45) is 4.14. The number of hydrogen-bond acceptors (Lipinski definition) is 5. The van der Waals surface area contributed by atoms with Crippen LogP contribution in [0.25, 0.3) is 5.69 Å². The molecule has 3 heterocycles. The highest BCUT2D eigenvalue weighted by Crippen LogP contribution is 2.30. The third-order valence-corrected chi connectivity index (χ3v) is 7.02. The van der Waals surface area contributed by atoms with Crippen LogP contribution in [0, 0.1) is 5.82 Å². The zero-order valence-electron chi connectivity index (χ0n) is 13.9. The molecule has 0 bridgehead atoms. The SMILES string of the molecule is O=S1(=O)CC[C@@H](N2CCC(c3ncnn3-c3ccc(F)cc3)CC2)C1. The van der Waals surface area contributed by atoms with Crippen molar-refractivity contribution in [3.63, 3.8) is 0 Å². The molecule has 0 aliphatic carbocycles. The number of rotatable bonds is 3. The molecule has 6 nitrogen and oxygen atoms in total. The molecular formula is C17H21FN4O2S. The number of benzene rings is 1. The fourth-order valence-corrected chi connectivity index (χ4v) is 5.66. The summed E-state index contributed by atoms with van der Waals surface area (Å²) in [7, 11) is -2.85. The second kappa shape index (κ2) is 6.49. The van der Waals surface area contributed by atoms with Crippen LogP contribution in [0.1, 0.15) is 31.0 Å². The lowest BCUT2D eigenvalue weighted by atomic mass is 9.94. The molecule has 2 saturated heterocycles. The fourth-order valence-electron chi connectivity index (χ4n) is 3.90. The van der Waals surface area contributed by atoms with Crippen LogP contribution >= 0.6 is 0 Å². The van der Waals surface area contributed by atoms with E-state index in [1.54, 1.807) is 16.8 Å². The first-order chi connectivity index (χ1) is 12.0. The maximum Gasteiger partial charge on any atom is 0.151 e. The van der Waals surface area contributed by atoms with Crippen LogP contribution in [-0.2, 0) is 9.84 Å². The van der Waals surface area contributed by atoms with Crippen LogP contribution in [0.2, 0.25) is 0 Å². The van der Waals surface area contributed by atoms with E-state index in [0.717, 1.165) is 43.9 Å². The first-order valence-electron chi connectivity index (χ1n) is 8.62. The number of likely N-dealkylation sites (tertiary alicyclic amines) is 1. The highest BCUT2D eigenvalue weighted by Gasteiger charge is 2.35. The van der Waals surface area contributed by atoms with Gasteiger partial charge in [-0.15, -0.1) is 0 Å². The van der Waals surface area contributed by atoms with E-state index in [4.69, 9.17) is 0 Å². The third kappa shape index (κ3) is 3.46. The first-order valence-corrected chi connectivity index (χ1v) is 10.4. The van der Waals surface area contributed by atoms with Crippen molar-refractivity contribution >= 4 is 9.84 Å². The van der Waals surface area contributed by atoms with Crippen molar-refractivity contribution in [2.24, 2.45) is 0 Å². The van der Waals surface area contributed by atoms with Crippen LogP contribution in [0.15, 0.2) is 30.6 Å². The maximum atomic E-state index is 13.1. The topological polar surface area (TPSA) is 68.1 Å².